The van der Waals surface area contributed by atoms with Gasteiger partial charge in [0.25, 0.3) is 0 Å². The molecule has 37 heavy (non-hydrogen) atoms. The molecule has 0 aromatic heterocycles. The summed E-state index contributed by atoms with van der Waals surface area (Å²) < 4.78 is 8.50. The van der Waals surface area contributed by atoms with Crippen molar-refractivity contribution in [1.29, 1.82) is 0 Å². The zero-order chi connectivity index (χ0) is 28.4. The summed E-state index contributed by atoms with van der Waals surface area (Å²) in [5.41, 5.74) is 4.61. The molecular weight excluding hydrogens is 456 g/mol. The summed E-state index contributed by atoms with van der Waals surface area (Å²) in [4.78, 5) is 0. The standard InChI is InChI=1S/C29H36.2C2H6O.CH4O/c1-6-28(4,25-18-12-8-13-19-25)23-29(5,26-20-14-9-15-21-26)22-27(2,3)24-16-10-7-11-17-24;2*1-3-2;1-2/h7-21H,6,22-23H2,1-5H3;2*1-2H3;2H,1H3. The normalized spacial score (nSPS) is 13.7. The van der Waals surface area contributed by atoms with E-state index in [2.05, 4.69) is 135 Å². The molecule has 2 atom stereocenters. The van der Waals surface area contributed by atoms with Gasteiger partial charge < -0.3 is 14.6 Å². The van der Waals surface area contributed by atoms with Crippen molar-refractivity contribution >= 4 is 0 Å². The maximum absolute atomic E-state index is 7.00. The molecule has 3 heteroatoms. The summed E-state index contributed by atoms with van der Waals surface area (Å²) in [6.45, 7) is 12.0. The van der Waals surface area contributed by atoms with Gasteiger partial charge in [0.2, 0.25) is 0 Å². The van der Waals surface area contributed by atoms with E-state index in [0.717, 1.165) is 26.4 Å². The molecule has 3 aromatic carbocycles. The summed E-state index contributed by atoms with van der Waals surface area (Å²) in [7, 11) is 7.50. The number of methoxy groups -OCH3 is 2. The lowest BCUT2D eigenvalue weighted by Gasteiger charge is -2.44. The highest BCUT2D eigenvalue weighted by Crippen LogP contribution is 2.47. The van der Waals surface area contributed by atoms with Crippen molar-refractivity contribution in [2.45, 2.75) is 70.1 Å². The summed E-state index contributed by atoms with van der Waals surface area (Å²) in [6.07, 6.45) is 3.36. The van der Waals surface area contributed by atoms with Gasteiger partial charge >= 0.3 is 0 Å². The minimum Gasteiger partial charge on any atom is -0.400 e. The molecule has 0 radical (unpaired) electrons. The lowest BCUT2D eigenvalue weighted by atomic mass is 9.60. The van der Waals surface area contributed by atoms with Crippen molar-refractivity contribution in [3.8, 4) is 0 Å². The lowest BCUT2D eigenvalue weighted by molar-refractivity contribution is 0.241. The SMILES string of the molecule is CCC(C)(CC(C)(CC(C)(C)c1ccccc1)c1ccccc1)c1ccccc1.CO.COC.COC. The molecule has 3 aromatic rings. The van der Waals surface area contributed by atoms with Gasteiger partial charge in [0.05, 0.1) is 0 Å². The number of aliphatic hydroxyl groups is 1. The van der Waals surface area contributed by atoms with Gasteiger partial charge in [0, 0.05) is 35.5 Å². The molecule has 3 rings (SSSR count). The van der Waals surface area contributed by atoms with Crippen LogP contribution in [0.25, 0.3) is 0 Å². The number of aliphatic hydroxyl groups excluding tert-OH is 1. The van der Waals surface area contributed by atoms with Crippen LogP contribution in [0.4, 0.5) is 0 Å². The van der Waals surface area contributed by atoms with Crippen LogP contribution in [0.5, 0.6) is 0 Å². The lowest BCUT2D eigenvalue weighted by Crippen LogP contribution is -2.38. The molecule has 0 spiro atoms. The largest absolute Gasteiger partial charge is 0.400 e. The van der Waals surface area contributed by atoms with Crippen molar-refractivity contribution in [1.82, 2.24) is 0 Å². The Labute approximate surface area is 227 Å². The van der Waals surface area contributed by atoms with Gasteiger partial charge in [0.1, 0.15) is 0 Å². The molecule has 206 valence electrons. The monoisotopic (exact) mass is 508 g/mol. The van der Waals surface area contributed by atoms with Crippen LogP contribution in [0.3, 0.4) is 0 Å². The second-order valence-corrected chi connectivity index (χ2v) is 10.6. The first-order valence-electron chi connectivity index (χ1n) is 13.0. The van der Waals surface area contributed by atoms with Gasteiger partial charge in [-0.1, -0.05) is 126 Å². The van der Waals surface area contributed by atoms with E-state index in [9.17, 15) is 0 Å². The highest BCUT2D eigenvalue weighted by molar-refractivity contribution is 5.33. The zero-order valence-corrected chi connectivity index (χ0v) is 25.0. The fourth-order valence-electron chi connectivity index (χ4n) is 5.21. The Hall–Kier alpha value is -2.46. The van der Waals surface area contributed by atoms with Gasteiger partial charge in [-0.05, 0) is 52.2 Å². The fourth-order valence-corrected chi connectivity index (χ4v) is 5.21. The predicted molar refractivity (Wildman–Crippen MR) is 161 cm³/mol. The van der Waals surface area contributed by atoms with E-state index in [4.69, 9.17) is 5.11 Å². The Morgan fingerprint density at radius 1 is 0.514 bits per heavy atom. The summed E-state index contributed by atoms with van der Waals surface area (Å²) in [5.74, 6) is 0. The van der Waals surface area contributed by atoms with E-state index in [1.807, 2.05) is 0 Å². The van der Waals surface area contributed by atoms with Crippen molar-refractivity contribution in [2.75, 3.05) is 35.5 Å². The summed E-state index contributed by atoms with van der Waals surface area (Å²) in [6, 6.07) is 33.2. The van der Waals surface area contributed by atoms with Crippen molar-refractivity contribution in [3.63, 3.8) is 0 Å². The summed E-state index contributed by atoms with van der Waals surface area (Å²) in [5, 5.41) is 7.00. The highest BCUT2D eigenvalue weighted by atomic mass is 16.5. The Morgan fingerprint density at radius 2 is 0.811 bits per heavy atom. The molecule has 0 aliphatic heterocycles. The molecule has 3 nitrogen and oxygen atoms in total. The molecule has 0 bridgehead atoms. The molecule has 0 saturated heterocycles. The van der Waals surface area contributed by atoms with E-state index in [1.165, 1.54) is 16.7 Å². The third-order valence-electron chi connectivity index (χ3n) is 6.89. The van der Waals surface area contributed by atoms with Crippen LogP contribution in [0.15, 0.2) is 91.0 Å². The molecule has 0 aliphatic rings. The van der Waals surface area contributed by atoms with Crippen LogP contribution >= 0.6 is 0 Å². The van der Waals surface area contributed by atoms with Crippen molar-refractivity contribution in [3.05, 3.63) is 108 Å². The van der Waals surface area contributed by atoms with Gasteiger partial charge in [0.15, 0.2) is 0 Å². The van der Waals surface area contributed by atoms with Crippen LogP contribution in [0.1, 0.15) is 70.6 Å². The number of hydrogen-bond donors (Lipinski definition) is 1. The van der Waals surface area contributed by atoms with Crippen LogP contribution in [-0.2, 0) is 25.7 Å². The van der Waals surface area contributed by atoms with E-state index < -0.39 is 0 Å². The minimum atomic E-state index is 0.0706. The maximum atomic E-state index is 7.00. The Kier molecular flexibility index (Phi) is 16.7. The van der Waals surface area contributed by atoms with Gasteiger partial charge in [-0.25, -0.2) is 0 Å². The number of rotatable bonds is 8. The van der Waals surface area contributed by atoms with Crippen LogP contribution in [0, 0.1) is 0 Å². The maximum Gasteiger partial charge on any atom is 0.0351 e. The second-order valence-electron chi connectivity index (χ2n) is 10.6. The quantitative estimate of drug-likeness (QED) is 0.333. The molecule has 1 N–H and O–H groups in total. The van der Waals surface area contributed by atoms with Gasteiger partial charge in [-0.2, -0.15) is 0 Å². The van der Waals surface area contributed by atoms with Crippen molar-refractivity contribution in [2.24, 2.45) is 0 Å². The van der Waals surface area contributed by atoms with Gasteiger partial charge in [-0.15, -0.1) is 0 Å². The molecule has 2 unspecified atom stereocenters. The fraction of sp³-hybridized carbons (Fsp3) is 0.471. The Balaban J connectivity index is 0.00000145. The minimum absolute atomic E-state index is 0.0706. The molecule has 0 aliphatic carbocycles. The van der Waals surface area contributed by atoms with Crippen LogP contribution in [-0.4, -0.2) is 40.7 Å². The summed E-state index contributed by atoms with van der Waals surface area (Å²) >= 11 is 0. The van der Waals surface area contributed by atoms with E-state index in [-0.39, 0.29) is 16.2 Å². The molecular formula is C34H52O3. The van der Waals surface area contributed by atoms with E-state index in [0.29, 0.717) is 0 Å². The average molecular weight is 509 g/mol. The van der Waals surface area contributed by atoms with Gasteiger partial charge in [-0.3, -0.25) is 0 Å². The second kappa shape index (κ2) is 17.9. The smallest absolute Gasteiger partial charge is 0.0351 e. The first kappa shape index (κ1) is 34.5. The average Bonchev–Trinajstić information content (AvgIpc) is 2.92. The molecule has 0 fully saturated rings. The third kappa shape index (κ3) is 11.2. The Morgan fingerprint density at radius 3 is 1.14 bits per heavy atom. The topological polar surface area (TPSA) is 38.7 Å². The third-order valence-corrected chi connectivity index (χ3v) is 6.89. The number of ether oxygens (including phenoxy) is 2. The number of hydrogen-bond acceptors (Lipinski definition) is 3. The number of benzene rings is 3. The van der Waals surface area contributed by atoms with Crippen molar-refractivity contribution < 1.29 is 14.6 Å². The highest BCUT2D eigenvalue weighted by Gasteiger charge is 2.40. The van der Waals surface area contributed by atoms with Crippen LogP contribution < -0.4 is 0 Å². The van der Waals surface area contributed by atoms with E-state index >= 15 is 0 Å². The van der Waals surface area contributed by atoms with E-state index in [1.54, 1.807) is 28.4 Å². The Bertz CT molecular complexity index is 923. The first-order chi connectivity index (χ1) is 17.6. The van der Waals surface area contributed by atoms with Crippen LogP contribution in [0.2, 0.25) is 0 Å². The zero-order valence-electron chi connectivity index (χ0n) is 25.0. The first-order valence-corrected chi connectivity index (χ1v) is 13.0. The predicted octanol–water partition coefficient (Wildman–Crippen LogP) is 8.20. The molecule has 0 saturated carbocycles. The molecule has 0 heterocycles. The molecule has 0 amide bonds.